The van der Waals surface area contributed by atoms with Crippen LogP contribution in [-0.4, -0.2) is 30.3 Å². The predicted octanol–water partition coefficient (Wildman–Crippen LogP) is 3.75. The van der Waals surface area contributed by atoms with E-state index in [1.54, 1.807) is 42.9 Å². The maximum Gasteiger partial charge on any atom is 0.219 e. The Hall–Kier alpha value is -2.07. The monoisotopic (exact) mass is 275 g/mol. The fourth-order valence-electron chi connectivity index (χ4n) is 1.31. The van der Waals surface area contributed by atoms with Crippen LogP contribution in [-0.2, 0) is 0 Å². The molecule has 0 aliphatic carbocycles. The Morgan fingerprint density at radius 1 is 1.16 bits per heavy atom. The summed E-state index contributed by atoms with van der Waals surface area (Å²) in [7, 11) is 3.82. The molecule has 0 atom stereocenters. The average molecular weight is 276 g/mol. The first-order chi connectivity index (χ1) is 9.13. The van der Waals surface area contributed by atoms with Gasteiger partial charge >= 0.3 is 0 Å². The molecule has 0 radical (unpaired) electrons. The molecule has 5 heteroatoms. The Balaban J connectivity index is 2.04. The molecule has 0 amide bonds. The zero-order valence-electron chi connectivity index (χ0n) is 10.7. The van der Waals surface area contributed by atoms with E-state index in [2.05, 4.69) is 9.98 Å². The summed E-state index contributed by atoms with van der Waals surface area (Å²) in [5, 5.41) is 0.675. The van der Waals surface area contributed by atoms with Crippen LogP contribution in [0.15, 0.2) is 47.6 Å². The molecule has 1 aromatic carbocycles. The standard InChI is InChI=1S/C14H14ClN3O/c1-18(2)10-17-12-5-8-14(16-9-12)19-13-6-3-11(15)4-7-13/h3-10H,1-2H3/b17-10+. The van der Waals surface area contributed by atoms with Gasteiger partial charge in [-0.1, -0.05) is 11.6 Å². The third-order valence-electron chi connectivity index (χ3n) is 2.19. The van der Waals surface area contributed by atoms with Gasteiger partial charge in [-0.15, -0.1) is 0 Å². The highest BCUT2D eigenvalue weighted by Crippen LogP contribution is 2.22. The summed E-state index contributed by atoms with van der Waals surface area (Å²) in [6, 6.07) is 10.7. The highest BCUT2D eigenvalue weighted by Gasteiger charge is 1.99. The fraction of sp³-hybridized carbons (Fsp3) is 0.143. The lowest BCUT2D eigenvalue weighted by Crippen LogP contribution is -2.06. The van der Waals surface area contributed by atoms with Crippen molar-refractivity contribution in [1.29, 1.82) is 0 Å². The Bertz CT molecular complexity index is 550. The van der Waals surface area contributed by atoms with Gasteiger partial charge in [0, 0.05) is 25.2 Å². The summed E-state index contributed by atoms with van der Waals surface area (Å²) in [6.07, 6.45) is 3.38. The number of hydrogen-bond acceptors (Lipinski definition) is 3. The Morgan fingerprint density at radius 3 is 2.47 bits per heavy atom. The summed E-state index contributed by atoms with van der Waals surface area (Å²) < 4.78 is 5.58. The number of rotatable bonds is 4. The number of benzene rings is 1. The largest absolute Gasteiger partial charge is 0.439 e. The van der Waals surface area contributed by atoms with Crippen LogP contribution in [0.5, 0.6) is 11.6 Å². The summed E-state index contributed by atoms with van der Waals surface area (Å²) in [5.74, 6) is 1.22. The molecular formula is C14H14ClN3O. The van der Waals surface area contributed by atoms with E-state index in [4.69, 9.17) is 16.3 Å². The number of nitrogens with zero attached hydrogens (tertiary/aromatic N) is 3. The summed E-state index contributed by atoms with van der Waals surface area (Å²) in [5.41, 5.74) is 0.775. The molecule has 2 aromatic rings. The van der Waals surface area contributed by atoms with Crippen molar-refractivity contribution >= 4 is 23.6 Å². The Kier molecular flexibility index (Phi) is 4.36. The van der Waals surface area contributed by atoms with E-state index in [-0.39, 0.29) is 0 Å². The second-order valence-corrected chi connectivity index (χ2v) is 4.56. The zero-order chi connectivity index (χ0) is 13.7. The lowest BCUT2D eigenvalue weighted by Gasteiger charge is -2.05. The van der Waals surface area contributed by atoms with Crippen molar-refractivity contribution in [2.45, 2.75) is 0 Å². The van der Waals surface area contributed by atoms with Gasteiger partial charge < -0.3 is 9.64 Å². The second-order valence-electron chi connectivity index (χ2n) is 4.12. The molecular weight excluding hydrogens is 262 g/mol. The van der Waals surface area contributed by atoms with Gasteiger partial charge in [-0.2, -0.15) is 0 Å². The summed E-state index contributed by atoms with van der Waals surface area (Å²) in [6.45, 7) is 0. The highest BCUT2D eigenvalue weighted by atomic mass is 35.5. The van der Waals surface area contributed by atoms with E-state index in [1.807, 2.05) is 25.1 Å². The minimum absolute atomic E-state index is 0.520. The van der Waals surface area contributed by atoms with Crippen molar-refractivity contribution < 1.29 is 4.74 Å². The smallest absolute Gasteiger partial charge is 0.219 e. The van der Waals surface area contributed by atoms with Crippen LogP contribution in [0.2, 0.25) is 5.02 Å². The lowest BCUT2D eigenvalue weighted by molar-refractivity contribution is 0.463. The maximum atomic E-state index is 5.80. The van der Waals surface area contributed by atoms with Gasteiger partial charge in [-0.25, -0.2) is 9.98 Å². The van der Waals surface area contributed by atoms with E-state index >= 15 is 0 Å². The van der Waals surface area contributed by atoms with Crippen LogP contribution < -0.4 is 4.74 Å². The Morgan fingerprint density at radius 2 is 1.89 bits per heavy atom. The normalized spacial score (nSPS) is 10.7. The molecule has 0 N–H and O–H groups in total. The van der Waals surface area contributed by atoms with Crippen molar-refractivity contribution in [1.82, 2.24) is 9.88 Å². The summed E-state index contributed by atoms with van der Waals surface area (Å²) in [4.78, 5) is 10.3. The maximum absolute atomic E-state index is 5.80. The lowest BCUT2D eigenvalue weighted by atomic mass is 10.3. The first kappa shape index (κ1) is 13.4. The topological polar surface area (TPSA) is 37.7 Å². The molecule has 4 nitrogen and oxygen atoms in total. The number of hydrogen-bond donors (Lipinski definition) is 0. The average Bonchev–Trinajstić information content (AvgIpc) is 2.40. The molecule has 0 aliphatic heterocycles. The number of halogens is 1. The molecule has 0 saturated heterocycles. The van der Waals surface area contributed by atoms with Gasteiger partial charge in [0.15, 0.2) is 0 Å². The van der Waals surface area contributed by atoms with E-state index in [0.717, 1.165) is 5.69 Å². The van der Waals surface area contributed by atoms with Crippen LogP contribution in [0.4, 0.5) is 5.69 Å². The quantitative estimate of drug-likeness (QED) is 0.630. The Labute approximate surface area is 117 Å². The van der Waals surface area contributed by atoms with E-state index < -0.39 is 0 Å². The van der Waals surface area contributed by atoms with Crippen LogP contribution >= 0.6 is 11.6 Å². The molecule has 98 valence electrons. The van der Waals surface area contributed by atoms with Gasteiger partial charge in [0.2, 0.25) is 5.88 Å². The SMILES string of the molecule is CN(C)/C=N/c1ccc(Oc2ccc(Cl)cc2)nc1. The molecule has 1 heterocycles. The minimum atomic E-state index is 0.520. The van der Waals surface area contributed by atoms with Gasteiger partial charge in [0.05, 0.1) is 18.2 Å². The molecule has 2 rings (SSSR count). The van der Waals surface area contributed by atoms with Gasteiger partial charge in [-0.05, 0) is 30.3 Å². The number of aromatic nitrogens is 1. The number of ether oxygens (including phenoxy) is 1. The first-order valence-corrected chi connectivity index (χ1v) is 6.11. The molecule has 0 bridgehead atoms. The van der Waals surface area contributed by atoms with E-state index in [9.17, 15) is 0 Å². The van der Waals surface area contributed by atoms with Crippen molar-refractivity contribution in [3.8, 4) is 11.6 Å². The fourth-order valence-corrected chi connectivity index (χ4v) is 1.44. The summed E-state index contributed by atoms with van der Waals surface area (Å²) >= 11 is 5.80. The minimum Gasteiger partial charge on any atom is -0.439 e. The third kappa shape index (κ3) is 4.26. The van der Waals surface area contributed by atoms with Gasteiger partial charge in [0.1, 0.15) is 5.75 Å². The van der Waals surface area contributed by atoms with Gasteiger partial charge in [0.25, 0.3) is 0 Å². The predicted molar refractivity (Wildman–Crippen MR) is 77.6 cm³/mol. The van der Waals surface area contributed by atoms with E-state index in [1.165, 1.54) is 0 Å². The number of aliphatic imine (C=N–C) groups is 1. The van der Waals surface area contributed by atoms with Crippen molar-refractivity contribution in [3.05, 3.63) is 47.6 Å². The van der Waals surface area contributed by atoms with Crippen molar-refractivity contribution in [2.75, 3.05) is 14.1 Å². The molecule has 0 aliphatic rings. The number of pyridine rings is 1. The molecule has 0 fully saturated rings. The molecule has 0 saturated carbocycles. The van der Waals surface area contributed by atoms with Crippen LogP contribution in [0.3, 0.4) is 0 Å². The highest BCUT2D eigenvalue weighted by molar-refractivity contribution is 6.30. The van der Waals surface area contributed by atoms with Crippen molar-refractivity contribution in [3.63, 3.8) is 0 Å². The third-order valence-corrected chi connectivity index (χ3v) is 2.45. The van der Waals surface area contributed by atoms with Crippen LogP contribution in [0, 0.1) is 0 Å². The molecule has 19 heavy (non-hydrogen) atoms. The van der Waals surface area contributed by atoms with Crippen LogP contribution in [0.25, 0.3) is 0 Å². The van der Waals surface area contributed by atoms with Gasteiger partial charge in [-0.3, -0.25) is 0 Å². The molecule has 1 aromatic heterocycles. The molecule has 0 spiro atoms. The zero-order valence-corrected chi connectivity index (χ0v) is 11.5. The van der Waals surface area contributed by atoms with Crippen LogP contribution in [0.1, 0.15) is 0 Å². The molecule has 0 unspecified atom stereocenters. The second kappa shape index (κ2) is 6.20. The first-order valence-electron chi connectivity index (χ1n) is 5.73. The van der Waals surface area contributed by atoms with E-state index in [0.29, 0.717) is 16.7 Å². The van der Waals surface area contributed by atoms with Crippen molar-refractivity contribution in [2.24, 2.45) is 4.99 Å².